The molecule has 0 aromatic heterocycles. The van der Waals surface area contributed by atoms with Gasteiger partial charge in [-0.05, 0) is 37.5 Å². The summed E-state index contributed by atoms with van der Waals surface area (Å²) in [6, 6.07) is 0.225. The quantitative estimate of drug-likeness (QED) is 0.774. The van der Waals surface area contributed by atoms with Gasteiger partial charge in [0.25, 0.3) is 0 Å². The van der Waals surface area contributed by atoms with Crippen LogP contribution in [0, 0.1) is 11.8 Å². The Morgan fingerprint density at radius 1 is 1.38 bits per heavy atom. The third kappa shape index (κ3) is 4.84. The Kier molecular flexibility index (Phi) is 5.60. The number of amides is 1. The van der Waals surface area contributed by atoms with Gasteiger partial charge in [0.2, 0.25) is 0 Å². The minimum absolute atomic E-state index is 0.225. The molecule has 2 N–H and O–H groups in total. The molecule has 0 aromatic rings. The molecule has 94 valence electrons. The van der Waals surface area contributed by atoms with Crippen LogP contribution in [-0.2, 0) is 4.74 Å². The zero-order valence-corrected chi connectivity index (χ0v) is 10.2. The van der Waals surface area contributed by atoms with Crippen LogP contribution in [0.25, 0.3) is 0 Å². The molecule has 4 nitrogen and oxygen atoms in total. The molecule has 1 aliphatic rings. The highest BCUT2D eigenvalue weighted by Crippen LogP contribution is 2.23. The second-order valence-electron chi connectivity index (χ2n) is 5.04. The summed E-state index contributed by atoms with van der Waals surface area (Å²) < 4.78 is 5.06. The van der Waals surface area contributed by atoms with Gasteiger partial charge in [-0.2, -0.15) is 0 Å². The van der Waals surface area contributed by atoms with Crippen LogP contribution in [0.4, 0.5) is 4.79 Å². The molecule has 0 unspecified atom stereocenters. The molecule has 0 saturated heterocycles. The van der Waals surface area contributed by atoms with E-state index >= 15 is 0 Å². The van der Waals surface area contributed by atoms with Gasteiger partial charge < -0.3 is 15.2 Å². The van der Waals surface area contributed by atoms with Crippen LogP contribution < -0.4 is 5.32 Å². The topological polar surface area (TPSA) is 58.6 Å². The lowest BCUT2D eigenvalue weighted by Gasteiger charge is -2.27. The first-order valence-electron chi connectivity index (χ1n) is 6.16. The average Bonchev–Trinajstić information content (AvgIpc) is 2.27. The third-order valence-corrected chi connectivity index (χ3v) is 2.97. The minimum Gasteiger partial charge on any atom is -0.449 e. The molecule has 1 rings (SSSR count). The highest BCUT2D eigenvalue weighted by molar-refractivity contribution is 5.67. The van der Waals surface area contributed by atoms with Crippen molar-refractivity contribution in [1.82, 2.24) is 5.32 Å². The zero-order valence-electron chi connectivity index (χ0n) is 10.2. The largest absolute Gasteiger partial charge is 0.449 e. The fraction of sp³-hybridized carbons (Fsp3) is 0.917. The smallest absolute Gasteiger partial charge is 0.407 e. The number of hydrogen-bond acceptors (Lipinski definition) is 3. The molecule has 0 atom stereocenters. The summed E-state index contributed by atoms with van der Waals surface area (Å²) in [4.78, 5) is 11.4. The van der Waals surface area contributed by atoms with Crippen molar-refractivity contribution in [2.45, 2.75) is 45.6 Å². The van der Waals surface area contributed by atoms with Crippen molar-refractivity contribution in [3.8, 4) is 0 Å². The molecule has 4 heteroatoms. The minimum atomic E-state index is -0.304. The van der Waals surface area contributed by atoms with E-state index in [0.29, 0.717) is 18.4 Å². The van der Waals surface area contributed by atoms with Crippen molar-refractivity contribution in [3.05, 3.63) is 0 Å². The van der Waals surface area contributed by atoms with E-state index < -0.39 is 0 Å². The van der Waals surface area contributed by atoms with Gasteiger partial charge in [0, 0.05) is 12.6 Å². The fourth-order valence-electron chi connectivity index (χ4n) is 1.94. The Hall–Kier alpha value is -0.770. The number of carbonyl (C=O) groups excluding carboxylic acids is 1. The van der Waals surface area contributed by atoms with Gasteiger partial charge in [-0.1, -0.05) is 13.8 Å². The highest BCUT2D eigenvalue weighted by atomic mass is 16.5. The number of alkyl carbamates (subject to hydrolysis) is 1. The van der Waals surface area contributed by atoms with Gasteiger partial charge in [-0.15, -0.1) is 0 Å². The van der Waals surface area contributed by atoms with E-state index in [4.69, 9.17) is 9.84 Å². The molecule has 0 bridgehead atoms. The number of ether oxygens (including phenoxy) is 1. The Balaban J connectivity index is 2.15. The lowest BCUT2D eigenvalue weighted by Crippen LogP contribution is -2.38. The first-order valence-corrected chi connectivity index (χ1v) is 6.16. The van der Waals surface area contributed by atoms with Crippen LogP contribution in [-0.4, -0.2) is 30.5 Å². The van der Waals surface area contributed by atoms with Gasteiger partial charge in [-0.25, -0.2) is 4.79 Å². The van der Waals surface area contributed by atoms with Crippen molar-refractivity contribution < 1.29 is 14.6 Å². The molecular formula is C12H23NO3. The Morgan fingerprint density at radius 2 is 2.00 bits per heavy atom. The van der Waals surface area contributed by atoms with Gasteiger partial charge in [0.1, 0.15) is 0 Å². The molecule has 0 radical (unpaired) electrons. The SMILES string of the molecule is CC(C)COC(=O)NC1CCC(CO)CC1. The summed E-state index contributed by atoms with van der Waals surface area (Å²) in [6.07, 6.45) is 3.57. The van der Waals surface area contributed by atoms with E-state index in [0.717, 1.165) is 25.7 Å². The van der Waals surface area contributed by atoms with Crippen molar-refractivity contribution in [2.75, 3.05) is 13.2 Å². The van der Waals surface area contributed by atoms with Gasteiger partial charge in [0.05, 0.1) is 6.61 Å². The van der Waals surface area contributed by atoms with E-state index in [1.165, 1.54) is 0 Å². The van der Waals surface area contributed by atoms with E-state index in [-0.39, 0.29) is 18.7 Å². The van der Waals surface area contributed by atoms with E-state index in [1.54, 1.807) is 0 Å². The molecular weight excluding hydrogens is 206 g/mol. The van der Waals surface area contributed by atoms with Crippen LogP contribution in [0.2, 0.25) is 0 Å². The summed E-state index contributed by atoms with van der Waals surface area (Å²) in [5.41, 5.74) is 0. The van der Waals surface area contributed by atoms with Crippen molar-refractivity contribution in [1.29, 1.82) is 0 Å². The van der Waals surface area contributed by atoms with Crippen molar-refractivity contribution in [2.24, 2.45) is 11.8 Å². The summed E-state index contributed by atoms with van der Waals surface area (Å²) in [5, 5.41) is 11.9. The highest BCUT2D eigenvalue weighted by Gasteiger charge is 2.22. The molecule has 1 saturated carbocycles. The van der Waals surface area contributed by atoms with Crippen molar-refractivity contribution >= 4 is 6.09 Å². The van der Waals surface area contributed by atoms with Crippen LogP contribution >= 0.6 is 0 Å². The van der Waals surface area contributed by atoms with Gasteiger partial charge in [-0.3, -0.25) is 0 Å². The number of rotatable bonds is 4. The average molecular weight is 229 g/mol. The summed E-state index contributed by atoms with van der Waals surface area (Å²) in [5.74, 6) is 0.792. The van der Waals surface area contributed by atoms with E-state index in [1.807, 2.05) is 13.8 Å². The normalized spacial score (nSPS) is 25.5. The van der Waals surface area contributed by atoms with Crippen molar-refractivity contribution in [3.63, 3.8) is 0 Å². The Labute approximate surface area is 97.4 Å². The zero-order chi connectivity index (χ0) is 12.0. The first-order chi connectivity index (χ1) is 7.61. The number of aliphatic hydroxyl groups is 1. The maximum absolute atomic E-state index is 11.4. The molecule has 1 aliphatic carbocycles. The van der Waals surface area contributed by atoms with Crippen LogP contribution in [0.1, 0.15) is 39.5 Å². The molecule has 16 heavy (non-hydrogen) atoms. The Morgan fingerprint density at radius 3 is 2.50 bits per heavy atom. The van der Waals surface area contributed by atoms with E-state index in [2.05, 4.69) is 5.32 Å². The standard InChI is InChI=1S/C12H23NO3/c1-9(2)8-16-12(15)13-11-5-3-10(7-14)4-6-11/h9-11,14H,3-8H2,1-2H3,(H,13,15). The maximum Gasteiger partial charge on any atom is 0.407 e. The third-order valence-electron chi connectivity index (χ3n) is 2.97. The number of aliphatic hydroxyl groups excluding tert-OH is 1. The molecule has 0 spiro atoms. The summed E-state index contributed by atoms with van der Waals surface area (Å²) in [6.45, 7) is 4.77. The maximum atomic E-state index is 11.4. The molecule has 1 amide bonds. The first kappa shape index (κ1) is 13.3. The lowest BCUT2D eigenvalue weighted by molar-refractivity contribution is 0.121. The fourth-order valence-corrected chi connectivity index (χ4v) is 1.94. The monoisotopic (exact) mass is 229 g/mol. The predicted molar refractivity (Wildman–Crippen MR) is 62.2 cm³/mol. The van der Waals surface area contributed by atoms with Crippen LogP contribution in [0.5, 0.6) is 0 Å². The number of carbonyl (C=O) groups is 1. The number of nitrogens with one attached hydrogen (secondary N) is 1. The van der Waals surface area contributed by atoms with Gasteiger partial charge in [0.15, 0.2) is 0 Å². The molecule has 0 aliphatic heterocycles. The molecule has 0 heterocycles. The van der Waals surface area contributed by atoms with Gasteiger partial charge >= 0.3 is 6.09 Å². The second kappa shape index (κ2) is 6.74. The Bertz CT molecular complexity index is 210. The number of hydrogen-bond donors (Lipinski definition) is 2. The summed E-state index contributed by atoms with van der Waals surface area (Å²) in [7, 11) is 0. The van der Waals surface area contributed by atoms with Crippen LogP contribution in [0.3, 0.4) is 0 Å². The molecule has 0 aromatic carbocycles. The summed E-state index contributed by atoms with van der Waals surface area (Å²) >= 11 is 0. The van der Waals surface area contributed by atoms with E-state index in [9.17, 15) is 4.79 Å². The lowest BCUT2D eigenvalue weighted by atomic mass is 9.87. The second-order valence-corrected chi connectivity index (χ2v) is 5.04. The van der Waals surface area contributed by atoms with Crippen LogP contribution in [0.15, 0.2) is 0 Å². The predicted octanol–water partition coefficient (Wildman–Crippen LogP) is 1.92. The molecule has 1 fully saturated rings.